The zero-order valence-electron chi connectivity index (χ0n) is 13.2. The minimum absolute atomic E-state index is 0.320. The van der Waals surface area contributed by atoms with Crippen LogP contribution in [0.4, 0.5) is 11.6 Å². The molecule has 1 heterocycles. The van der Waals surface area contributed by atoms with Gasteiger partial charge in [0.05, 0.1) is 7.11 Å². The first kappa shape index (κ1) is 16.5. The van der Waals surface area contributed by atoms with Crippen molar-refractivity contribution in [1.29, 1.82) is 0 Å². The highest BCUT2D eigenvalue weighted by Gasteiger charge is 2.13. The number of anilines is 2. The molecule has 0 bridgehead atoms. The fourth-order valence-electron chi connectivity index (χ4n) is 1.80. The van der Waals surface area contributed by atoms with Gasteiger partial charge in [0.2, 0.25) is 5.75 Å². The lowest BCUT2D eigenvalue weighted by Gasteiger charge is -2.19. The molecule has 0 fully saturated rings. The smallest absolute Gasteiger partial charge is 0.204 e. The van der Waals surface area contributed by atoms with Crippen LogP contribution < -0.4 is 15.4 Å². The van der Waals surface area contributed by atoms with Gasteiger partial charge in [-0.05, 0) is 40.4 Å². The zero-order valence-corrected chi connectivity index (χ0v) is 13.2. The normalized spacial score (nSPS) is 12.3. The first-order valence-corrected chi connectivity index (χ1v) is 7.12. The lowest BCUT2D eigenvalue weighted by atomic mass is 10.2. The van der Waals surface area contributed by atoms with E-state index < -0.39 is 0 Å². The number of aromatic nitrogens is 2. The molecule has 1 aromatic heterocycles. The van der Waals surface area contributed by atoms with Crippen LogP contribution in [0.25, 0.3) is 0 Å². The van der Waals surface area contributed by atoms with Crippen LogP contribution in [0.5, 0.6) is 5.75 Å². The Balaban J connectivity index is 2.73. The maximum absolute atomic E-state index is 5.44. The van der Waals surface area contributed by atoms with Gasteiger partial charge in [0.1, 0.15) is 6.33 Å². The molecule has 0 aliphatic rings. The van der Waals surface area contributed by atoms with E-state index in [1.54, 1.807) is 13.4 Å². The average Bonchev–Trinajstić information content (AvgIpc) is 2.43. The van der Waals surface area contributed by atoms with Crippen LogP contribution in [0.2, 0.25) is 0 Å². The van der Waals surface area contributed by atoms with Crippen LogP contribution in [-0.4, -0.2) is 55.2 Å². The van der Waals surface area contributed by atoms with Gasteiger partial charge in [-0.15, -0.1) is 0 Å². The molecule has 1 unspecified atom stereocenters. The van der Waals surface area contributed by atoms with Gasteiger partial charge in [-0.25, -0.2) is 9.97 Å². The number of hydrogen-bond donors (Lipinski definition) is 2. The van der Waals surface area contributed by atoms with Gasteiger partial charge in [0, 0.05) is 12.6 Å². The molecule has 20 heavy (non-hydrogen) atoms. The van der Waals surface area contributed by atoms with Gasteiger partial charge < -0.3 is 20.3 Å². The van der Waals surface area contributed by atoms with Crippen molar-refractivity contribution in [3.63, 3.8) is 0 Å². The second-order valence-corrected chi connectivity index (χ2v) is 5.17. The van der Waals surface area contributed by atoms with Crippen molar-refractivity contribution in [3.05, 3.63) is 6.33 Å². The third kappa shape index (κ3) is 5.21. The van der Waals surface area contributed by atoms with Gasteiger partial charge in [0.25, 0.3) is 0 Å². The van der Waals surface area contributed by atoms with Crippen molar-refractivity contribution in [2.24, 2.45) is 0 Å². The summed E-state index contributed by atoms with van der Waals surface area (Å²) in [6.45, 7) is 6.15. The Kier molecular flexibility index (Phi) is 7.08. The predicted molar refractivity (Wildman–Crippen MR) is 83.6 cm³/mol. The molecule has 0 aliphatic carbocycles. The van der Waals surface area contributed by atoms with E-state index in [1.807, 2.05) is 0 Å². The molecule has 1 atom stereocenters. The van der Waals surface area contributed by atoms with Crippen molar-refractivity contribution in [2.45, 2.75) is 32.7 Å². The van der Waals surface area contributed by atoms with E-state index in [2.05, 4.69) is 53.4 Å². The Morgan fingerprint density at radius 1 is 1.30 bits per heavy atom. The summed E-state index contributed by atoms with van der Waals surface area (Å²) < 4.78 is 5.44. The minimum Gasteiger partial charge on any atom is -0.490 e. The molecule has 0 spiro atoms. The first-order chi connectivity index (χ1) is 9.58. The molecule has 1 rings (SSSR count). The Labute approximate surface area is 121 Å². The standard InChI is InChI=1S/C14H27N5O/c1-6-8-15-13-12(20-5)14(17-10-16-13)18-11(2)7-9-19(3)4/h10-11H,6-9H2,1-5H3,(H2,15,16,17,18). The quantitative estimate of drug-likeness (QED) is 0.722. The Bertz CT molecular complexity index is 397. The SMILES string of the molecule is CCCNc1ncnc(NC(C)CCN(C)C)c1OC. The monoisotopic (exact) mass is 281 g/mol. The molecule has 0 saturated carbocycles. The van der Waals surface area contributed by atoms with E-state index >= 15 is 0 Å². The summed E-state index contributed by atoms with van der Waals surface area (Å²) in [5.41, 5.74) is 0. The van der Waals surface area contributed by atoms with E-state index in [4.69, 9.17) is 4.74 Å². The topological polar surface area (TPSA) is 62.3 Å². The molecule has 6 heteroatoms. The largest absolute Gasteiger partial charge is 0.490 e. The fourth-order valence-corrected chi connectivity index (χ4v) is 1.80. The van der Waals surface area contributed by atoms with E-state index in [1.165, 1.54) is 0 Å². The maximum Gasteiger partial charge on any atom is 0.204 e. The second-order valence-electron chi connectivity index (χ2n) is 5.17. The molecule has 0 radical (unpaired) electrons. The van der Waals surface area contributed by atoms with E-state index in [0.29, 0.717) is 11.8 Å². The molecule has 1 aromatic rings. The van der Waals surface area contributed by atoms with E-state index in [0.717, 1.165) is 37.6 Å². The number of hydrogen-bond acceptors (Lipinski definition) is 6. The fraction of sp³-hybridized carbons (Fsp3) is 0.714. The molecule has 0 aliphatic heterocycles. The van der Waals surface area contributed by atoms with Gasteiger partial charge in [-0.3, -0.25) is 0 Å². The highest BCUT2D eigenvalue weighted by Crippen LogP contribution is 2.29. The second kappa shape index (κ2) is 8.58. The molecule has 114 valence electrons. The van der Waals surface area contributed by atoms with E-state index in [9.17, 15) is 0 Å². The first-order valence-electron chi connectivity index (χ1n) is 7.12. The number of nitrogens with one attached hydrogen (secondary N) is 2. The third-order valence-corrected chi connectivity index (χ3v) is 2.94. The van der Waals surface area contributed by atoms with Crippen molar-refractivity contribution >= 4 is 11.6 Å². The Morgan fingerprint density at radius 3 is 2.60 bits per heavy atom. The summed E-state index contributed by atoms with van der Waals surface area (Å²) in [6, 6.07) is 0.320. The van der Waals surface area contributed by atoms with Crippen LogP contribution >= 0.6 is 0 Å². The van der Waals surface area contributed by atoms with Gasteiger partial charge in [-0.1, -0.05) is 6.92 Å². The summed E-state index contributed by atoms with van der Waals surface area (Å²) in [6.07, 6.45) is 3.63. The van der Waals surface area contributed by atoms with Gasteiger partial charge in [0.15, 0.2) is 11.6 Å². The molecule has 2 N–H and O–H groups in total. The molecule has 0 aromatic carbocycles. The van der Waals surface area contributed by atoms with Crippen LogP contribution in [-0.2, 0) is 0 Å². The maximum atomic E-state index is 5.44. The van der Waals surface area contributed by atoms with Crippen molar-refractivity contribution < 1.29 is 4.74 Å². The molecule has 0 amide bonds. The highest BCUT2D eigenvalue weighted by atomic mass is 16.5. The van der Waals surface area contributed by atoms with E-state index in [-0.39, 0.29) is 0 Å². The number of nitrogens with zero attached hydrogens (tertiary/aromatic N) is 3. The average molecular weight is 281 g/mol. The summed E-state index contributed by atoms with van der Waals surface area (Å²) in [5.74, 6) is 2.16. The lowest BCUT2D eigenvalue weighted by molar-refractivity contribution is 0.388. The Morgan fingerprint density at radius 2 is 2.00 bits per heavy atom. The van der Waals surface area contributed by atoms with Crippen molar-refractivity contribution in [2.75, 3.05) is 44.9 Å². The molecule has 0 saturated heterocycles. The summed E-state index contributed by atoms with van der Waals surface area (Å²) >= 11 is 0. The summed E-state index contributed by atoms with van der Waals surface area (Å²) in [7, 11) is 5.79. The Hall–Kier alpha value is -1.56. The lowest BCUT2D eigenvalue weighted by Crippen LogP contribution is -2.23. The summed E-state index contributed by atoms with van der Waals surface area (Å²) in [5, 5.41) is 6.64. The predicted octanol–water partition coefficient (Wildman–Crippen LogP) is 2.06. The molecular weight excluding hydrogens is 254 g/mol. The van der Waals surface area contributed by atoms with Crippen LogP contribution in [0.1, 0.15) is 26.7 Å². The van der Waals surface area contributed by atoms with Gasteiger partial charge >= 0.3 is 0 Å². The van der Waals surface area contributed by atoms with Gasteiger partial charge in [-0.2, -0.15) is 0 Å². The molecular formula is C14H27N5O. The number of ether oxygens (including phenoxy) is 1. The van der Waals surface area contributed by atoms with Crippen molar-refractivity contribution in [3.8, 4) is 5.75 Å². The third-order valence-electron chi connectivity index (χ3n) is 2.94. The number of methoxy groups -OCH3 is 1. The zero-order chi connectivity index (χ0) is 15.0. The van der Waals surface area contributed by atoms with Crippen LogP contribution in [0.15, 0.2) is 6.33 Å². The van der Waals surface area contributed by atoms with Crippen molar-refractivity contribution in [1.82, 2.24) is 14.9 Å². The number of rotatable bonds is 9. The highest BCUT2D eigenvalue weighted by molar-refractivity contribution is 5.63. The van der Waals surface area contributed by atoms with Crippen LogP contribution in [0, 0.1) is 0 Å². The van der Waals surface area contributed by atoms with Crippen LogP contribution in [0.3, 0.4) is 0 Å². The minimum atomic E-state index is 0.320. The molecule has 6 nitrogen and oxygen atoms in total. The summed E-state index contributed by atoms with van der Waals surface area (Å²) in [4.78, 5) is 10.7.